The Morgan fingerprint density at radius 3 is 2.78 bits per heavy atom. The van der Waals surface area contributed by atoms with Crippen LogP contribution in [-0.4, -0.2) is 6.54 Å². The maximum absolute atomic E-state index is 13.5. The van der Waals surface area contributed by atoms with Gasteiger partial charge in [0.25, 0.3) is 0 Å². The van der Waals surface area contributed by atoms with Gasteiger partial charge in [-0.15, -0.1) is 0 Å². The van der Waals surface area contributed by atoms with E-state index in [2.05, 4.69) is 12.2 Å². The third-order valence-electron chi connectivity index (χ3n) is 2.94. The zero-order chi connectivity index (χ0) is 13.0. The molecule has 2 aromatic rings. The van der Waals surface area contributed by atoms with Crippen molar-refractivity contribution in [2.24, 2.45) is 0 Å². The summed E-state index contributed by atoms with van der Waals surface area (Å²) in [7, 11) is 0. The van der Waals surface area contributed by atoms with Crippen LogP contribution >= 0.6 is 0 Å². The van der Waals surface area contributed by atoms with Gasteiger partial charge in [0, 0.05) is 6.04 Å². The lowest BCUT2D eigenvalue weighted by atomic mass is 9.98. The van der Waals surface area contributed by atoms with Crippen molar-refractivity contribution in [1.82, 2.24) is 5.32 Å². The second-order valence-electron chi connectivity index (χ2n) is 4.51. The molecule has 1 aromatic carbocycles. The molecule has 0 saturated heterocycles. The van der Waals surface area contributed by atoms with Crippen LogP contribution in [0.2, 0.25) is 0 Å². The molecule has 1 atom stereocenters. The Bertz CT molecular complexity index is 473. The average Bonchev–Trinajstić information content (AvgIpc) is 2.80. The first-order chi connectivity index (χ1) is 8.69. The first-order valence-electron chi connectivity index (χ1n) is 6.20. The van der Waals surface area contributed by atoms with Gasteiger partial charge in [0.2, 0.25) is 0 Å². The van der Waals surface area contributed by atoms with Crippen LogP contribution in [0.5, 0.6) is 0 Å². The first-order valence-corrected chi connectivity index (χ1v) is 6.20. The fourth-order valence-corrected chi connectivity index (χ4v) is 2.16. The van der Waals surface area contributed by atoms with Crippen LogP contribution < -0.4 is 5.32 Å². The summed E-state index contributed by atoms with van der Waals surface area (Å²) in [6.07, 6.45) is 4.19. The lowest BCUT2D eigenvalue weighted by Crippen LogP contribution is -2.23. The third-order valence-corrected chi connectivity index (χ3v) is 2.94. The molecule has 2 rings (SSSR count). The molecule has 0 aliphatic rings. The van der Waals surface area contributed by atoms with Crippen LogP contribution in [0.25, 0.3) is 0 Å². The summed E-state index contributed by atoms with van der Waals surface area (Å²) in [4.78, 5) is 0. The van der Waals surface area contributed by atoms with E-state index in [1.54, 1.807) is 24.7 Å². The van der Waals surface area contributed by atoms with Crippen molar-refractivity contribution in [1.29, 1.82) is 0 Å². The minimum atomic E-state index is -0.180. The number of likely N-dealkylation sites (N-methyl/N-ethyl adjacent to an activating group) is 1. The molecule has 96 valence electrons. The number of halogens is 1. The molecular formula is C15H18FNO. The highest BCUT2D eigenvalue weighted by Gasteiger charge is 2.13. The van der Waals surface area contributed by atoms with Gasteiger partial charge in [-0.25, -0.2) is 4.39 Å². The lowest BCUT2D eigenvalue weighted by Gasteiger charge is -2.18. The molecule has 0 bridgehead atoms. The summed E-state index contributed by atoms with van der Waals surface area (Å²) in [5.41, 5.74) is 3.04. The quantitative estimate of drug-likeness (QED) is 0.873. The van der Waals surface area contributed by atoms with Gasteiger partial charge >= 0.3 is 0 Å². The topological polar surface area (TPSA) is 25.2 Å². The Labute approximate surface area is 107 Å². The standard InChI is InChI=1S/C15H18FNO/c1-3-17-15(8-12-4-5-18-10-12)13-6-11(2)7-14(16)9-13/h4-7,9-10,15,17H,3,8H2,1-2H3. The van der Waals surface area contributed by atoms with Crippen LogP contribution in [0.1, 0.15) is 29.7 Å². The van der Waals surface area contributed by atoms with Crippen molar-refractivity contribution >= 4 is 0 Å². The van der Waals surface area contributed by atoms with Crippen molar-refractivity contribution in [3.8, 4) is 0 Å². The average molecular weight is 247 g/mol. The highest BCUT2D eigenvalue weighted by Crippen LogP contribution is 2.21. The molecule has 0 fully saturated rings. The minimum absolute atomic E-state index is 0.113. The highest BCUT2D eigenvalue weighted by molar-refractivity contribution is 5.27. The van der Waals surface area contributed by atoms with E-state index < -0.39 is 0 Å². The molecule has 0 radical (unpaired) electrons. The molecule has 1 unspecified atom stereocenters. The van der Waals surface area contributed by atoms with E-state index >= 15 is 0 Å². The number of benzene rings is 1. The van der Waals surface area contributed by atoms with E-state index in [0.29, 0.717) is 0 Å². The second kappa shape index (κ2) is 5.83. The Morgan fingerprint density at radius 2 is 2.17 bits per heavy atom. The number of rotatable bonds is 5. The highest BCUT2D eigenvalue weighted by atomic mass is 19.1. The summed E-state index contributed by atoms with van der Waals surface area (Å²) < 4.78 is 18.5. The van der Waals surface area contributed by atoms with Gasteiger partial charge in [0.15, 0.2) is 0 Å². The molecule has 0 saturated carbocycles. The Balaban J connectivity index is 2.23. The molecular weight excluding hydrogens is 229 g/mol. The van der Waals surface area contributed by atoms with E-state index in [-0.39, 0.29) is 11.9 Å². The van der Waals surface area contributed by atoms with Crippen molar-refractivity contribution in [2.75, 3.05) is 6.54 Å². The maximum Gasteiger partial charge on any atom is 0.123 e. The number of furan rings is 1. The van der Waals surface area contributed by atoms with Gasteiger partial charge in [0.1, 0.15) is 5.82 Å². The zero-order valence-corrected chi connectivity index (χ0v) is 10.7. The van der Waals surface area contributed by atoms with Gasteiger partial charge in [-0.1, -0.05) is 13.0 Å². The summed E-state index contributed by atoms with van der Waals surface area (Å²) in [6, 6.07) is 7.22. The molecule has 18 heavy (non-hydrogen) atoms. The van der Waals surface area contributed by atoms with E-state index in [9.17, 15) is 4.39 Å². The number of hydrogen-bond donors (Lipinski definition) is 1. The molecule has 3 heteroatoms. The predicted molar refractivity (Wildman–Crippen MR) is 70.0 cm³/mol. The molecule has 0 aliphatic carbocycles. The van der Waals surface area contributed by atoms with E-state index in [1.807, 2.05) is 19.1 Å². The molecule has 0 spiro atoms. The predicted octanol–water partition coefficient (Wildman–Crippen LogP) is 3.62. The Hall–Kier alpha value is -1.61. The monoisotopic (exact) mass is 247 g/mol. The normalized spacial score (nSPS) is 12.6. The summed E-state index contributed by atoms with van der Waals surface area (Å²) in [5, 5.41) is 3.38. The Morgan fingerprint density at radius 1 is 1.33 bits per heavy atom. The Kier molecular flexibility index (Phi) is 4.15. The van der Waals surface area contributed by atoms with Gasteiger partial charge in [-0.05, 0) is 54.8 Å². The molecule has 1 aromatic heterocycles. The van der Waals surface area contributed by atoms with Gasteiger partial charge in [-0.3, -0.25) is 0 Å². The smallest absolute Gasteiger partial charge is 0.123 e. The number of nitrogens with one attached hydrogen (secondary N) is 1. The van der Waals surface area contributed by atoms with E-state index in [4.69, 9.17) is 4.42 Å². The summed E-state index contributed by atoms with van der Waals surface area (Å²) in [5.74, 6) is -0.180. The molecule has 2 nitrogen and oxygen atoms in total. The van der Waals surface area contributed by atoms with Crippen LogP contribution in [0.15, 0.2) is 41.2 Å². The van der Waals surface area contributed by atoms with Crippen molar-refractivity contribution in [3.05, 3.63) is 59.3 Å². The third kappa shape index (κ3) is 3.20. The zero-order valence-electron chi connectivity index (χ0n) is 10.7. The van der Waals surface area contributed by atoms with Crippen LogP contribution in [0.4, 0.5) is 4.39 Å². The molecule has 1 N–H and O–H groups in total. The van der Waals surface area contributed by atoms with Crippen LogP contribution in [-0.2, 0) is 6.42 Å². The van der Waals surface area contributed by atoms with Gasteiger partial charge in [-0.2, -0.15) is 0 Å². The maximum atomic E-state index is 13.5. The fraction of sp³-hybridized carbons (Fsp3) is 0.333. The van der Waals surface area contributed by atoms with Crippen molar-refractivity contribution < 1.29 is 8.81 Å². The van der Waals surface area contributed by atoms with E-state index in [1.165, 1.54) is 0 Å². The summed E-state index contributed by atoms with van der Waals surface area (Å²) >= 11 is 0. The van der Waals surface area contributed by atoms with Crippen molar-refractivity contribution in [2.45, 2.75) is 26.3 Å². The first kappa shape index (κ1) is 12.8. The van der Waals surface area contributed by atoms with Gasteiger partial charge in [0.05, 0.1) is 12.5 Å². The number of aryl methyl sites for hydroxylation is 1. The molecule has 0 amide bonds. The van der Waals surface area contributed by atoms with Crippen LogP contribution in [0.3, 0.4) is 0 Å². The minimum Gasteiger partial charge on any atom is -0.472 e. The summed E-state index contributed by atoms with van der Waals surface area (Å²) in [6.45, 7) is 4.81. The molecule has 0 aliphatic heterocycles. The largest absolute Gasteiger partial charge is 0.472 e. The SMILES string of the molecule is CCNC(Cc1ccoc1)c1cc(C)cc(F)c1. The fourth-order valence-electron chi connectivity index (χ4n) is 2.16. The van der Waals surface area contributed by atoms with Crippen LogP contribution in [0, 0.1) is 12.7 Å². The number of hydrogen-bond acceptors (Lipinski definition) is 2. The molecule has 1 heterocycles. The second-order valence-corrected chi connectivity index (χ2v) is 4.51. The van der Waals surface area contributed by atoms with Gasteiger partial charge < -0.3 is 9.73 Å². The van der Waals surface area contributed by atoms with Crippen molar-refractivity contribution in [3.63, 3.8) is 0 Å². The lowest BCUT2D eigenvalue weighted by molar-refractivity contribution is 0.530. The van der Waals surface area contributed by atoms with E-state index in [0.717, 1.165) is 29.7 Å².